The molecule has 0 aromatic carbocycles. The van der Waals surface area contributed by atoms with E-state index in [1.807, 2.05) is 4.68 Å². The van der Waals surface area contributed by atoms with Crippen LogP contribution in [0.3, 0.4) is 0 Å². The molecule has 3 aliphatic rings. The maximum atomic E-state index is 12.5. The third-order valence-corrected chi connectivity index (χ3v) is 6.41. The van der Waals surface area contributed by atoms with Gasteiger partial charge in [-0.3, -0.25) is 9.78 Å². The Morgan fingerprint density at radius 2 is 1.90 bits per heavy atom. The Morgan fingerprint density at radius 1 is 1.10 bits per heavy atom. The van der Waals surface area contributed by atoms with Crippen LogP contribution in [0.1, 0.15) is 54.2 Å². The molecule has 154 valence electrons. The second-order valence-electron chi connectivity index (χ2n) is 8.38. The van der Waals surface area contributed by atoms with Crippen LogP contribution >= 0.6 is 0 Å². The van der Waals surface area contributed by atoms with E-state index < -0.39 is 0 Å². The number of carbonyl (C=O) groups is 1. The minimum atomic E-state index is -0.170. The summed E-state index contributed by atoms with van der Waals surface area (Å²) in [4.78, 5) is 16.4. The van der Waals surface area contributed by atoms with Crippen LogP contribution in [0.4, 0.5) is 0 Å². The number of rotatable bonds is 5. The molecule has 2 aromatic rings. The number of carbonyl (C=O) groups excluding carboxylic acids is 1. The molecule has 5 rings (SSSR count). The lowest BCUT2D eigenvalue weighted by atomic mass is 9.86. The highest BCUT2D eigenvalue weighted by molar-refractivity contribution is 5.94. The number of hydrogen-bond donors (Lipinski definition) is 1. The van der Waals surface area contributed by atoms with Crippen molar-refractivity contribution in [3.8, 4) is 0 Å². The molecule has 1 amide bonds. The van der Waals surface area contributed by atoms with E-state index in [1.54, 1.807) is 24.5 Å². The summed E-state index contributed by atoms with van der Waals surface area (Å²) in [5.41, 5.74) is 1.64. The highest BCUT2D eigenvalue weighted by Gasteiger charge is 2.49. The molecule has 4 atom stereocenters. The van der Waals surface area contributed by atoms with Crippen LogP contribution in [-0.2, 0) is 15.9 Å². The molecule has 0 radical (unpaired) electrons. The van der Waals surface area contributed by atoms with E-state index in [9.17, 15) is 4.79 Å². The maximum absolute atomic E-state index is 12.5. The van der Waals surface area contributed by atoms with Crippen LogP contribution < -0.4 is 5.32 Å². The zero-order valence-electron chi connectivity index (χ0n) is 16.4. The number of amides is 1. The quantitative estimate of drug-likeness (QED) is 0.829. The summed E-state index contributed by atoms with van der Waals surface area (Å²) in [5, 5.41) is 11.8. The van der Waals surface area contributed by atoms with Crippen LogP contribution in [0, 0.1) is 5.92 Å². The average molecular weight is 397 g/mol. The van der Waals surface area contributed by atoms with Crippen LogP contribution in [-0.4, -0.2) is 57.3 Å². The summed E-state index contributed by atoms with van der Waals surface area (Å²) >= 11 is 0. The van der Waals surface area contributed by atoms with Gasteiger partial charge in [0.2, 0.25) is 0 Å². The lowest BCUT2D eigenvalue weighted by Crippen LogP contribution is -2.44. The first-order chi connectivity index (χ1) is 14.3. The summed E-state index contributed by atoms with van der Waals surface area (Å²) in [7, 11) is 0. The van der Waals surface area contributed by atoms with E-state index in [0.717, 1.165) is 18.0 Å². The molecule has 2 aliphatic heterocycles. The molecule has 8 heteroatoms. The molecule has 2 aromatic heterocycles. The molecule has 1 N–H and O–H groups in total. The predicted octanol–water partition coefficient (Wildman–Crippen LogP) is 1.93. The van der Waals surface area contributed by atoms with Gasteiger partial charge in [-0.1, -0.05) is 37.3 Å². The molecule has 4 heterocycles. The van der Waals surface area contributed by atoms with Gasteiger partial charge in [-0.15, -0.1) is 5.10 Å². The summed E-state index contributed by atoms with van der Waals surface area (Å²) in [6, 6.07) is 3.22. The number of nitrogens with one attached hydrogen (secondary N) is 1. The normalized spacial score (nSPS) is 29.7. The SMILES string of the molecule is O=C(NC1COC2C1OCC2n1cc(CC2CCCCC2)nn1)c1ccncc1. The number of ether oxygens (including phenoxy) is 2. The van der Waals surface area contributed by atoms with Gasteiger partial charge in [-0.2, -0.15) is 0 Å². The number of aromatic nitrogens is 4. The van der Waals surface area contributed by atoms with Crippen molar-refractivity contribution in [3.05, 3.63) is 42.0 Å². The average Bonchev–Trinajstić information content (AvgIpc) is 3.47. The molecule has 2 saturated heterocycles. The molecule has 1 saturated carbocycles. The molecule has 3 fully saturated rings. The molecule has 29 heavy (non-hydrogen) atoms. The van der Waals surface area contributed by atoms with Crippen molar-refractivity contribution in [1.82, 2.24) is 25.3 Å². The number of hydrogen-bond acceptors (Lipinski definition) is 6. The van der Waals surface area contributed by atoms with E-state index in [0.29, 0.717) is 18.8 Å². The van der Waals surface area contributed by atoms with Crippen molar-refractivity contribution in [1.29, 1.82) is 0 Å². The minimum absolute atomic E-state index is 0.00423. The lowest BCUT2D eigenvalue weighted by molar-refractivity contribution is 0.0613. The molecule has 8 nitrogen and oxygen atoms in total. The Bertz CT molecular complexity index is 836. The smallest absolute Gasteiger partial charge is 0.251 e. The van der Waals surface area contributed by atoms with Crippen molar-refractivity contribution in [2.24, 2.45) is 5.92 Å². The summed E-state index contributed by atoms with van der Waals surface area (Å²) < 4.78 is 13.9. The van der Waals surface area contributed by atoms with E-state index >= 15 is 0 Å². The van der Waals surface area contributed by atoms with Crippen molar-refractivity contribution in [3.63, 3.8) is 0 Å². The standard InChI is InChI=1S/C21H27N5O3/c27-21(15-6-8-22-9-7-15)23-17-12-28-20-18(13-29-19(17)20)26-11-16(24-25-26)10-14-4-2-1-3-5-14/h6-9,11,14,17-20H,1-5,10,12-13H2,(H,23,27). The first kappa shape index (κ1) is 18.7. The second kappa shape index (κ2) is 8.20. The Labute approximate surface area is 170 Å². The summed E-state index contributed by atoms with van der Waals surface area (Å²) in [5.74, 6) is 0.598. The monoisotopic (exact) mass is 397 g/mol. The van der Waals surface area contributed by atoms with Crippen molar-refractivity contribution >= 4 is 5.91 Å². The predicted molar refractivity (Wildman–Crippen MR) is 104 cm³/mol. The van der Waals surface area contributed by atoms with Crippen molar-refractivity contribution < 1.29 is 14.3 Å². The molecule has 0 spiro atoms. The van der Waals surface area contributed by atoms with E-state index in [-0.39, 0.29) is 30.2 Å². The number of fused-ring (bicyclic) bond motifs is 1. The Balaban J connectivity index is 1.21. The fraction of sp³-hybridized carbons (Fsp3) is 0.619. The fourth-order valence-electron chi connectivity index (χ4n) is 4.84. The maximum Gasteiger partial charge on any atom is 0.251 e. The van der Waals surface area contributed by atoms with Gasteiger partial charge in [0.25, 0.3) is 5.91 Å². The third kappa shape index (κ3) is 3.91. The van der Waals surface area contributed by atoms with Crippen molar-refractivity contribution in [2.75, 3.05) is 13.2 Å². The molecule has 1 aliphatic carbocycles. The Morgan fingerprint density at radius 3 is 2.72 bits per heavy atom. The Kier molecular flexibility index (Phi) is 5.28. The topological polar surface area (TPSA) is 91.2 Å². The minimum Gasteiger partial charge on any atom is -0.371 e. The van der Waals surface area contributed by atoms with E-state index in [2.05, 4.69) is 26.8 Å². The van der Waals surface area contributed by atoms with E-state index in [4.69, 9.17) is 9.47 Å². The van der Waals surface area contributed by atoms with Gasteiger partial charge in [-0.25, -0.2) is 4.68 Å². The first-order valence-electron chi connectivity index (χ1n) is 10.6. The Hall–Kier alpha value is -2.32. The van der Waals surface area contributed by atoms with E-state index in [1.165, 1.54) is 32.1 Å². The molecule has 4 unspecified atom stereocenters. The van der Waals surface area contributed by atoms with Gasteiger partial charge in [0.1, 0.15) is 18.2 Å². The largest absolute Gasteiger partial charge is 0.371 e. The first-order valence-corrected chi connectivity index (χ1v) is 10.6. The van der Waals surface area contributed by atoms with Crippen molar-refractivity contribution in [2.45, 2.75) is 62.8 Å². The zero-order valence-corrected chi connectivity index (χ0v) is 16.4. The zero-order chi connectivity index (χ0) is 19.6. The van der Waals surface area contributed by atoms with Crippen LogP contribution in [0.2, 0.25) is 0 Å². The summed E-state index contributed by atoms with van der Waals surface area (Å²) in [6.45, 7) is 0.954. The van der Waals surface area contributed by atoms with Gasteiger partial charge in [0.05, 0.1) is 24.9 Å². The molecular weight excluding hydrogens is 370 g/mol. The molecule has 0 bridgehead atoms. The van der Waals surface area contributed by atoms with Gasteiger partial charge in [0.15, 0.2) is 0 Å². The van der Waals surface area contributed by atoms with Crippen LogP contribution in [0.5, 0.6) is 0 Å². The third-order valence-electron chi connectivity index (χ3n) is 6.41. The number of pyridine rings is 1. The van der Waals surface area contributed by atoms with Crippen LogP contribution in [0.15, 0.2) is 30.7 Å². The van der Waals surface area contributed by atoms with Gasteiger partial charge < -0.3 is 14.8 Å². The lowest BCUT2D eigenvalue weighted by Gasteiger charge is -2.20. The van der Waals surface area contributed by atoms with Crippen LogP contribution in [0.25, 0.3) is 0 Å². The number of nitrogens with zero attached hydrogens (tertiary/aromatic N) is 4. The fourth-order valence-corrected chi connectivity index (χ4v) is 4.84. The highest BCUT2D eigenvalue weighted by Crippen LogP contribution is 2.34. The van der Waals surface area contributed by atoms with Gasteiger partial charge in [0, 0.05) is 24.2 Å². The highest BCUT2D eigenvalue weighted by atomic mass is 16.6. The van der Waals surface area contributed by atoms with Gasteiger partial charge in [-0.05, 0) is 24.5 Å². The van der Waals surface area contributed by atoms with Gasteiger partial charge >= 0.3 is 0 Å². The second-order valence-corrected chi connectivity index (χ2v) is 8.38. The molecular formula is C21H27N5O3. The summed E-state index contributed by atoms with van der Waals surface area (Å²) in [6.07, 6.45) is 12.6.